The van der Waals surface area contributed by atoms with E-state index in [1.807, 2.05) is 0 Å². The molecule has 0 unspecified atom stereocenters. The van der Waals surface area contributed by atoms with E-state index < -0.39 is 34.9 Å². The van der Waals surface area contributed by atoms with Crippen molar-refractivity contribution in [2.45, 2.75) is 25.6 Å². The summed E-state index contributed by atoms with van der Waals surface area (Å²) in [4.78, 5) is 31.0. The van der Waals surface area contributed by atoms with Crippen molar-refractivity contribution in [2.75, 3.05) is 23.9 Å². The van der Waals surface area contributed by atoms with Crippen LogP contribution in [0.1, 0.15) is 35.3 Å². The highest BCUT2D eigenvalue weighted by Gasteiger charge is 2.50. The minimum Gasteiger partial charge on any atom is -0.355 e. The van der Waals surface area contributed by atoms with Gasteiger partial charge in [0.2, 0.25) is 0 Å². The van der Waals surface area contributed by atoms with Gasteiger partial charge in [-0.15, -0.1) is 0 Å². The molecule has 0 aromatic heterocycles. The predicted octanol–water partition coefficient (Wildman–Crippen LogP) is 4.17. The molecule has 0 saturated carbocycles. The molecule has 1 aliphatic rings. The lowest BCUT2D eigenvalue weighted by molar-refractivity contribution is -0.137. The van der Waals surface area contributed by atoms with Gasteiger partial charge in [-0.3, -0.25) is 19.5 Å². The molecule has 174 valence electrons. The topological polar surface area (TPSA) is 65.0 Å². The Morgan fingerprint density at radius 3 is 2.33 bits per heavy atom. The Morgan fingerprint density at radius 2 is 1.79 bits per heavy atom. The van der Waals surface area contributed by atoms with E-state index in [0.717, 1.165) is 23.2 Å². The molecule has 11 heteroatoms. The third kappa shape index (κ3) is 4.20. The van der Waals surface area contributed by atoms with Crippen LogP contribution in [-0.4, -0.2) is 42.8 Å². The van der Waals surface area contributed by atoms with Crippen molar-refractivity contribution < 1.29 is 27.2 Å². The number of hydrogen-bond donors (Lipinski definition) is 1. The smallest absolute Gasteiger partial charge is 0.355 e. The van der Waals surface area contributed by atoms with Crippen LogP contribution in [0.15, 0.2) is 41.4 Å². The second-order valence-electron chi connectivity index (χ2n) is 7.72. The number of amides is 2. The summed E-state index contributed by atoms with van der Waals surface area (Å²) in [6.45, 7) is 3.05. The highest BCUT2D eigenvalue weighted by atomic mass is 32.1. The molecule has 1 heterocycles. The molecule has 2 amide bonds. The predicted molar refractivity (Wildman–Crippen MR) is 121 cm³/mol. The molecule has 1 fully saturated rings. The van der Waals surface area contributed by atoms with Gasteiger partial charge in [-0.05, 0) is 56.4 Å². The molecule has 0 radical (unpaired) electrons. The van der Waals surface area contributed by atoms with Gasteiger partial charge in [0.05, 0.1) is 16.8 Å². The first-order valence-corrected chi connectivity index (χ1v) is 10.1. The number of hydrogen-bond acceptors (Lipinski definition) is 4. The first kappa shape index (κ1) is 24.3. The lowest BCUT2D eigenvalue weighted by Crippen LogP contribution is -2.44. The summed E-state index contributed by atoms with van der Waals surface area (Å²) >= 11 is 5.44. The summed E-state index contributed by atoms with van der Waals surface area (Å²) in [5.74, 6) is -2.05. The Kier molecular flexibility index (Phi) is 6.29. The average Bonchev–Trinajstić information content (AvgIpc) is 2.91. The fourth-order valence-electron chi connectivity index (χ4n) is 3.60. The van der Waals surface area contributed by atoms with Crippen LogP contribution in [0.2, 0.25) is 0 Å². The highest BCUT2D eigenvalue weighted by molar-refractivity contribution is 7.81. The van der Waals surface area contributed by atoms with Crippen molar-refractivity contribution in [3.63, 3.8) is 0 Å². The monoisotopic (exact) mass is 480 g/mol. The van der Waals surface area contributed by atoms with Crippen LogP contribution in [-0.2, 0) is 11.0 Å². The number of nitrogens with zero attached hydrogens (tertiary/aromatic N) is 3. The van der Waals surface area contributed by atoms with Gasteiger partial charge in [-0.1, -0.05) is 6.07 Å². The molecule has 0 aliphatic carbocycles. The van der Waals surface area contributed by atoms with Gasteiger partial charge >= 0.3 is 6.18 Å². The Bertz CT molecular complexity index is 1180. The number of benzene rings is 2. The number of halogens is 4. The molecule has 1 N–H and O–H groups in total. The van der Waals surface area contributed by atoms with Gasteiger partial charge in [0.1, 0.15) is 11.4 Å². The second-order valence-corrected chi connectivity index (χ2v) is 8.08. The van der Waals surface area contributed by atoms with Crippen molar-refractivity contribution in [1.82, 2.24) is 5.32 Å². The molecule has 1 aliphatic heterocycles. The average molecular weight is 480 g/mol. The summed E-state index contributed by atoms with van der Waals surface area (Å²) in [5.41, 5.74) is -2.57. The van der Waals surface area contributed by atoms with Crippen LogP contribution in [0, 0.1) is 5.82 Å². The van der Waals surface area contributed by atoms with E-state index in [4.69, 9.17) is 12.2 Å². The van der Waals surface area contributed by atoms with Gasteiger partial charge < -0.3 is 10.2 Å². The number of alkyl halides is 3. The maximum Gasteiger partial charge on any atom is 0.417 e. The Balaban J connectivity index is 2.09. The Hall–Kier alpha value is -3.34. The zero-order valence-corrected chi connectivity index (χ0v) is 18.9. The van der Waals surface area contributed by atoms with E-state index >= 15 is 0 Å². The summed E-state index contributed by atoms with van der Waals surface area (Å²) < 4.78 is 55.4. The van der Waals surface area contributed by atoms with E-state index in [0.29, 0.717) is 0 Å². The number of aliphatic imine (C=N–C) groups is 1. The molecule has 0 bridgehead atoms. The molecule has 3 rings (SSSR count). The molecular formula is C22H20F4N4O2S. The Morgan fingerprint density at radius 1 is 1.15 bits per heavy atom. The molecule has 2 aromatic rings. The van der Waals surface area contributed by atoms with Crippen LogP contribution in [0.5, 0.6) is 0 Å². The minimum absolute atomic E-state index is 0.0800. The number of nitrogens with one attached hydrogen (secondary N) is 1. The van der Waals surface area contributed by atoms with Crippen LogP contribution >= 0.6 is 12.2 Å². The van der Waals surface area contributed by atoms with Crippen LogP contribution < -0.4 is 15.1 Å². The van der Waals surface area contributed by atoms with E-state index in [-0.39, 0.29) is 27.6 Å². The maximum absolute atomic E-state index is 14.6. The van der Waals surface area contributed by atoms with Gasteiger partial charge in [0.15, 0.2) is 5.11 Å². The van der Waals surface area contributed by atoms with Crippen molar-refractivity contribution in [2.24, 2.45) is 4.99 Å². The normalized spacial score (nSPS) is 16.1. The van der Waals surface area contributed by atoms with Crippen molar-refractivity contribution in [1.29, 1.82) is 0 Å². The van der Waals surface area contributed by atoms with E-state index in [1.165, 1.54) is 57.1 Å². The van der Waals surface area contributed by atoms with Gasteiger partial charge in [0, 0.05) is 31.6 Å². The molecule has 6 nitrogen and oxygen atoms in total. The largest absolute Gasteiger partial charge is 0.417 e. The first-order chi connectivity index (χ1) is 15.3. The van der Waals surface area contributed by atoms with Crippen molar-refractivity contribution >= 4 is 46.7 Å². The van der Waals surface area contributed by atoms with Gasteiger partial charge in [-0.2, -0.15) is 13.2 Å². The van der Waals surface area contributed by atoms with Crippen LogP contribution in [0.4, 0.5) is 28.9 Å². The quantitative estimate of drug-likeness (QED) is 0.405. The lowest BCUT2D eigenvalue weighted by atomic mass is 10.0. The number of thiocarbonyl (C=S) groups is 1. The number of carbonyl (C=O) groups is 2. The molecule has 33 heavy (non-hydrogen) atoms. The standard InChI is InChI=1S/C22H20F4N4O2S/c1-21(2)19(32)29(13-6-5-12(11-27-3)16(9-13)22(24,25)26)20(33)30(21)14-7-8-15(17(23)10-14)18(31)28-4/h5-11H,1-4H3,(H,28,31)/b27-11-. The van der Waals surface area contributed by atoms with Crippen LogP contribution in [0.25, 0.3) is 0 Å². The minimum atomic E-state index is -4.69. The van der Waals surface area contributed by atoms with Crippen LogP contribution in [0.3, 0.4) is 0 Å². The fraction of sp³-hybridized carbons (Fsp3) is 0.273. The molecule has 1 saturated heterocycles. The zero-order chi connectivity index (χ0) is 24.7. The molecule has 0 spiro atoms. The van der Waals surface area contributed by atoms with Gasteiger partial charge in [0.25, 0.3) is 11.8 Å². The van der Waals surface area contributed by atoms with Gasteiger partial charge in [-0.25, -0.2) is 4.39 Å². The number of carbonyl (C=O) groups excluding carboxylic acids is 2. The summed E-state index contributed by atoms with van der Waals surface area (Å²) in [6.07, 6.45) is -3.62. The Labute approximate surface area is 192 Å². The summed E-state index contributed by atoms with van der Waals surface area (Å²) in [6, 6.07) is 7.09. The lowest BCUT2D eigenvalue weighted by Gasteiger charge is -2.29. The fourth-order valence-corrected chi connectivity index (χ4v) is 4.12. The third-order valence-corrected chi connectivity index (χ3v) is 5.58. The molecule has 2 aromatic carbocycles. The number of anilines is 2. The second kappa shape index (κ2) is 8.54. The zero-order valence-electron chi connectivity index (χ0n) is 18.1. The van der Waals surface area contributed by atoms with E-state index in [9.17, 15) is 27.2 Å². The summed E-state index contributed by atoms with van der Waals surface area (Å²) in [5, 5.41) is 2.20. The van der Waals surface area contributed by atoms with Crippen molar-refractivity contribution in [3.05, 3.63) is 58.9 Å². The maximum atomic E-state index is 14.6. The summed E-state index contributed by atoms with van der Waals surface area (Å²) in [7, 11) is 2.71. The number of rotatable bonds is 4. The SMILES string of the molecule is C/N=C\c1ccc(N2C(=O)C(C)(C)N(c3ccc(C(=O)NC)c(F)c3)C2=S)cc1C(F)(F)F. The van der Waals surface area contributed by atoms with E-state index in [1.54, 1.807) is 0 Å². The molecular weight excluding hydrogens is 460 g/mol. The molecule has 0 atom stereocenters. The van der Waals surface area contributed by atoms with Crippen molar-refractivity contribution in [3.8, 4) is 0 Å². The van der Waals surface area contributed by atoms with E-state index in [2.05, 4.69) is 10.3 Å². The third-order valence-electron chi connectivity index (χ3n) is 5.22. The highest BCUT2D eigenvalue weighted by Crippen LogP contribution is 2.39. The first-order valence-electron chi connectivity index (χ1n) is 9.68.